The first kappa shape index (κ1) is 16.1. The molecule has 0 radical (unpaired) electrons. The summed E-state index contributed by atoms with van der Waals surface area (Å²) in [5, 5.41) is 3.01. The van der Waals surface area contributed by atoms with Crippen LogP contribution in [-0.2, 0) is 23.1 Å². The predicted octanol–water partition coefficient (Wildman–Crippen LogP) is 1.86. The number of nitrogens with one attached hydrogen (secondary N) is 1. The Kier molecular flexibility index (Phi) is 5.03. The molecule has 0 spiro atoms. The molecule has 5 heteroatoms. The molecule has 1 aliphatic carbocycles. The van der Waals surface area contributed by atoms with E-state index in [0.29, 0.717) is 25.4 Å². The van der Waals surface area contributed by atoms with E-state index in [2.05, 4.69) is 10.2 Å². The number of aryl methyl sites for hydroxylation is 2. The van der Waals surface area contributed by atoms with Crippen molar-refractivity contribution in [3.05, 3.63) is 24.0 Å². The van der Waals surface area contributed by atoms with Crippen LogP contribution >= 0.6 is 0 Å². The monoisotopic (exact) mass is 317 g/mol. The molecule has 5 nitrogen and oxygen atoms in total. The minimum atomic E-state index is 0.0814. The quantitative estimate of drug-likeness (QED) is 0.871. The van der Waals surface area contributed by atoms with Crippen molar-refractivity contribution in [2.75, 3.05) is 13.1 Å². The maximum atomic E-state index is 12.1. The van der Waals surface area contributed by atoms with E-state index in [9.17, 15) is 9.59 Å². The Labute approximate surface area is 138 Å². The second kappa shape index (κ2) is 7.20. The van der Waals surface area contributed by atoms with E-state index >= 15 is 0 Å². The van der Waals surface area contributed by atoms with Crippen LogP contribution in [0, 0.1) is 5.92 Å². The van der Waals surface area contributed by atoms with E-state index in [4.69, 9.17) is 0 Å². The second-order valence-electron chi connectivity index (χ2n) is 6.97. The molecule has 1 unspecified atom stereocenters. The predicted molar refractivity (Wildman–Crippen MR) is 88.8 cm³/mol. The normalized spacial score (nSPS) is 22.0. The lowest BCUT2D eigenvalue weighted by molar-refractivity contribution is -0.129. The first-order chi connectivity index (χ1) is 11.1. The standard InChI is InChI=1S/C18H27N3O2/c1-20-10-4-7-15(20)8-9-17(22)19-12-14-11-18(23)21(13-14)16-5-2-3-6-16/h4,7,10,14,16H,2-3,5-6,8-9,11-13H2,1H3,(H,19,22). The topological polar surface area (TPSA) is 54.3 Å². The third kappa shape index (κ3) is 3.95. The first-order valence-electron chi connectivity index (χ1n) is 8.80. The van der Waals surface area contributed by atoms with Crippen LogP contribution in [0.15, 0.2) is 18.3 Å². The third-order valence-corrected chi connectivity index (χ3v) is 5.25. The average molecular weight is 317 g/mol. The lowest BCUT2D eigenvalue weighted by Crippen LogP contribution is -2.36. The van der Waals surface area contributed by atoms with Gasteiger partial charge in [0.25, 0.3) is 0 Å². The molecule has 1 aromatic rings. The van der Waals surface area contributed by atoms with E-state index in [1.165, 1.54) is 18.5 Å². The average Bonchev–Trinajstić information content (AvgIpc) is 3.24. The molecule has 23 heavy (non-hydrogen) atoms. The Morgan fingerprint density at radius 2 is 2.13 bits per heavy atom. The molecule has 2 fully saturated rings. The number of carbonyl (C=O) groups excluding carboxylic acids is 2. The number of likely N-dealkylation sites (tertiary alicyclic amines) is 1. The van der Waals surface area contributed by atoms with Crippen LogP contribution in [0.2, 0.25) is 0 Å². The van der Waals surface area contributed by atoms with Gasteiger partial charge in [0.05, 0.1) is 0 Å². The molecule has 1 aliphatic heterocycles. The van der Waals surface area contributed by atoms with E-state index < -0.39 is 0 Å². The molecule has 1 aromatic heterocycles. The highest BCUT2D eigenvalue weighted by Crippen LogP contribution is 2.29. The van der Waals surface area contributed by atoms with Crippen molar-refractivity contribution in [2.24, 2.45) is 13.0 Å². The van der Waals surface area contributed by atoms with Crippen LogP contribution in [0.4, 0.5) is 0 Å². The highest BCUT2D eigenvalue weighted by Gasteiger charge is 2.35. The summed E-state index contributed by atoms with van der Waals surface area (Å²) in [6, 6.07) is 4.50. The van der Waals surface area contributed by atoms with Gasteiger partial charge in [-0.2, -0.15) is 0 Å². The van der Waals surface area contributed by atoms with Gasteiger partial charge in [0.15, 0.2) is 0 Å². The molecule has 2 heterocycles. The van der Waals surface area contributed by atoms with Crippen LogP contribution in [0.3, 0.4) is 0 Å². The Hall–Kier alpha value is -1.78. The zero-order chi connectivity index (χ0) is 16.2. The van der Waals surface area contributed by atoms with Gasteiger partial charge in [-0.25, -0.2) is 0 Å². The van der Waals surface area contributed by atoms with Crippen LogP contribution in [0.5, 0.6) is 0 Å². The van der Waals surface area contributed by atoms with Gasteiger partial charge in [0.1, 0.15) is 0 Å². The summed E-state index contributed by atoms with van der Waals surface area (Å²) in [7, 11) is 2.00. The zero-order valence-corrected chi connectivity index (χ0v) is 14.0. The Morgan fingerprint density at radius 3 is 2.83 bits per heavy atom. The molecule has 0 bridgehead atoms. The molecule has 0 aromatic carbocycles. The van der Waals surface area contributed by atoms with Crippen molar-refractivity contribution >= 4 is 11.8 Å². The van der Waals surface area contributed by atoms with Crippen LogP contribution < -0.4 is 5.32 Å². The van der Waals surface area contributed by atoms with Crippen molar-refractivity contribution < 1.29 is 9.59 Å². The lowest BCUT2D eigenvalue weighted by atomic mass is 10.1. The largest absolute Gasteiger partial charge is 0.356 e. The maximum Gasteiger partial charge on any atom is 0.223 e. The molecule has 3 rings (SSSR count). The molecule has 1 saturated heterocycles. The number of hydrogen-bond acceptors (Lipinski definition) is 2. The minimum Gasteiger partial charge on any atom is -0.356 e. The van der Waals surface area contributed by atoms with Gasteiger partial charge in [-0.15, -0.1) is 0 Å². The van der Waals surface area contributed by atoms with Crippen molar-refractivity contribution in [3.63, 3.8) is 0 Å². The summed E-state index contributed by atoms with van der Waals surface area (Å²) >= 11 is 0. The van der Waals surface area contributed by atoms with E-state index in [1.807, 2.05) is 29.9 Å². The van der Waals surface area contributed by atoms with Crippen LogP contribution in [0.25, 0.3) is 0 Å². The van der Waals surface area contributed by atoms with Gasteiger partial charge in [-0.1, -0.05) is 12.8 Å². The second-order valence-corrected chi connectivity index (χ2v) is 6.97. The molecule has 2 aliphatic rings. The fourth-order valence-corrected chi connectivity index (χ4v) is 3.86. The van der Waals surface area contributed by atoms with Gasteiger partial charge in [-0.05, 0) is 31.4 Å². The molecule has 126 valence electrons. The van der Waals surface area contributed by atoms with Crippen LogP contribution in [0.1, 0.15) is 44.2 Å². The van der Waals surface area contributed by atoms with Gasteiger partial charge in [0, 0.05) is 56.8 Å². The summed E-state index contributed by atoms with van der Waals surface area (Å²) in [6.45, 7) is 1.45. The fraction of sp³-hybridized carbons (Fsp3) is 0.667. The molecule has 1 saturated carbocycles. The number of nitrogens with zero attached hydrogens (tertiary/aromatic N) is 2. The van der Waals surface area contributed by atoms with Gasteiger partial charge < -0.3 is 14.8 Å². The first-order valence-corrected chi connectivity index (χ1v) is 8.80. The molecular formula is C18H27N3O2. The van der Waals surface area contributed by atoms with Crippen molar-refractivity contribution in [3.8, 4) is 0 Å². The summed E-state index contributed by atoms with van der Waals surface area (Å²) in [5.41, 5.74) is 1.17. The zero-order valence-electron chi connectivity index (χ0n) is 14.0. The summed E-state index contributed by atoms with van der Waals surface area (Å²) in [4.78, 5) is 26.2. The highest BCUT2D eigenvalue weighted by atomic mass is 16.2. The highest BCUT2D eigenvalue weighted by molar-refractivity contribution is 5.79. The number of amides is 2. The third-order valence-electron chi connectivity index (χ3n) is 5.25. The van der Waals surface area contributed by atoms with Crippen LogP contribution in [-0.4, -0.2) is 40.4 Å². The van der Waals surface area contributed by atoms with Crippen molar-refractivity contribution in [1.29, 1.82) is 0 Å². The smallest absolute Gasteiger partial charge is 0.223 e. The number of rotatable bonds is 6. The molecule has 2 amide bonds. The molecule has 1 N–H and O–H groups in total. The number of aromatic nitrogens is 1. The number of carbonyl (C=O) groups is 2. The SMILES string of the molecule is Cn1cccc1CCC(=O)NCC1CC(=O)N(C2CCCC2)C1. The van der Waals surface area contributed by atoms with Crippen molar-refractivity contribution in [1.82, 2.24) is 14.8 Å². The van der Waals surface area contributed by atoms with E-state index in [1.54, 1.807) is 0 Å². The fourth-order valence-electron chi connectivity index (χ4n) is 3.86. The minimum absolute atomic E-state index is 0.0814. The Morgan fingerprint density at radius 1 is 1.35 bits per heavy atom. The lowest BCUT2D eigenvalue weighted by Gasteiger charge is -2.24. The van der Waals surface area contributed by atoms with Crippen molar-refractivity contribution in [2.45, 2.75) is 51.0 Å². The number of hydrogen-bond donors (Lipinski definition) is 1. The van der Waals surface area contributed by atoms with E-state index in [0.717, 1.165) is 25.8 Å². The summed E-state index contributed by atoms with van der Waals surface area (Å²) in [6.07, 6.45) is 8.65. The van der Waals surface area contributed by atoms with Gasteiger partial charge in [0.2, 0.25) is 11.8 Å². The van der Waals surface area contributed by atoms with Gasteiger partial charge in [-0.3, -0.25) is 9.59 Å². The molecule has 1 atom stereocenters. The maximum absolute atomic E-state index is 12.1. The Balaban J connectivity index is 1.39. The summed E-state index contributed by atoms with van der Waals surface area (Å²) < 4.78 is 2.04. The Bertz CT molecular complexity index is 560. The summed E-state index contributed by atoms with van der Waals surface area (Å²) in [5.74, 6) is 0.639. The molecular weight excluding hydrogens is 290 g/mol. The van der Waals surface area contributed by atoms with E-state index in [-0.39, 0.29) is 17.7 Å². The van der Waals surface area contributed by atoms with Gasteiger partial charge >= 0.3 is 0 Å².